The molecule has 0 bridgehead atoms. The molecule has 1 aliphatic heterocycles. The minimum absolute atomic E-state index is 0.0247. The molecule has 3 rings (SSSR count). The van der Waals surface area contributed by atoms with Crippen molar-refractivity contribution in [3.63, 3.8) is 0 Å². The summed E-state index contributed by atoms with van der Waals surface area (Å²) in [6, 6.07) is 15.2. The summed E-state index contributed by atoms with van der Waals surface area (Å²) in [5, 5.41) is 4.23. The van der Waals surface area contributed by atoms with Gasteiger partial charge in [0, 0.05) is 13.1 Å². The molecule has 148 valence electrons. The van der Waals surface area contributed by atoms with Gasteiger partial charge >= 0.3 is 0 Å². The molecule has 0 atom stereocenters. The Morgan fingerprint density at radius 2 is 1.93 bits per heavy atom. The fourth-order valence-corrected chi connectivity index (χ4v) is 2.73. The second-order valence-electron chi connectivity index (χ2n) is 6.16. The summed E-state index contributed by atoms with van der Waals surface area (Å²) < 4.78 is 16.6. The summed E-state index contributed by atoms with van der Waals surface area (Å²) in [6.07, 6.45) is 1.71. The summed E-state index contributed by atoms with van der Waals surface area (Å²) in [5.74, 6) is 1.07. The Balaban J connectivity index is 1.60. The molecular formula is C21H25N3O4. The molecule has 1 saturated heterocycles. The molecular weight excluding hydrogens is 358 g/mol. The van der Waals surface area contributed by atoms with E-state index in [2.05, 4.69) is 10.5 Å². The largest absolute Gasteiger partial charge is 0.490 e. The fraction of sp³-hybridized carbons (Fsp3) is 0.333. The van der Waals surface area contributed by atoms with Gasteiger partial charge in [-0.1, -0.05) is 18.2 Å². The first kappa shape index (κ1) is 19.7. The van der Waals surface area contributed by atoms with E-state index in [0.717, 1.165) is 11.3 Å². The maximum Gasteiger partial charge on any atom is 0.260 e. The number of morpholine rings is 1. The van der Waals surface area contributed by atoms with E-state index in [9.17, 15) is 4.79 Å². The third kappa shape index (κ3) is 5.72. The lowest BCUT2D eigenvalue weighted by Crippen LogP contribution is -2.43. The first-order valence-electron chi connectivity index (χ1n) is 9.35. The average molecular weight is 383 g/mol. The highest BCUT2D eigenvalue weighted by atomic mass is 16.5. The molecule has 1 heterocycles. The maximum atomic E-state index is 12.3. The third-order valence-electron chi connectivity index (χ3n) is 4.16. The minimum atomic E-state index is -0.0524. The Bertz CT molecular complexity index is 789. The van der Waals surface area contributed by atoms with Gasteiger partial charge in [0.25, 0.3) is 5.91 Å². The number of carbonyl (C=O) groups excluding carboxylic acids is 1. The maximum absolute atomic E-state index is 12.3. The van der Waals surface area contributed by atoms with E-state index in [1.54, 1.807) is 17.2 Å². The molecule has 0 radical (unpaired) electrons. The third-order valence-corrected chi connectivity index (χ3v) is 4.16. The van der Waals surface area contributed by atoms with E-state index in [-0.39, 0.29) is 12.5 Å². The van der Waals surface area contributed by atoms with E-state index in [4.69, 9.17) is 14.2 Å². The Labute approximate surface area is 164 Å². The van der Waals surface area contributed by atoms with Gasteiger partial charge in [-0.05, 0) is 42.8 Å². The van der Waals surface area contributed by atoms with Crippen molar-refractivity contribution < 1.29 is 19.0 Å². The van der Waals surface area contributed by atoms with E-state index >= 15 is 0 Å². The number of hydrogen-bond acceptors (Lipinski definition) is 6. The van der Waals surface area contributed by atoms with Crippen LogP contribution >= 0.6 is 0 Å². The molecule has 1 aliphatic rings. The summed E-state index contributed by atoms with van der Waals surface area (Å²) in [5.41, 5.74) is 4.74. The van der Waals surface area contributed by atoms with E-state index < -0.39 is 0 Å². The molecule has 0 unspecified atom stereocenters. The van der Waals surface area contributed by atoms with Crippen LogP contribution < -0.4 is 14.9 Å². The number of anilines is 1. The van der Waals surface area contributed by atoms with Crippen molar-refractivity contribution in [1.29, 1.82) is 0 Å². The van der Waals surface area contributed by atoms with Gasteiger partial charge in [0.05, 0.1) is 31.7 Å². The molecule has 1 N–H and O–H groups in total. The van der Waals surface area contributed by atoms with Crippen molar-refractivity contribution in [3.8, 4) is 11.5 Å². The number of hydrazone groups is 1. The van der Waals surface area contributed by atoms with Gasteiger partial charge in [0.2, 0.25) is 0 Å². The lowest BCUT2D eigenvalue weighted by molar-refractivity contribution is -0.137. The molecule has 1 amide bonds. The zero-order valence-electron chi connectivity index (χ0n) is 16.0. The topological polar surface area (TPSA) is 72.4 Å². The molecule has 7 nitrogen and oxygen atoms in total. The normalized spacial score (nSPS) is 14.1. The van der Waals surface area contributed by atoms with Crippen LogP contribution in [0.15, 0.2) is 53.6 Å². The first-order chi connectivity index (χ1) is 13.8. The Hall–Kier alpha value is -3.06. The van der Waals surface area contributed by atoms with Crippen LogP contribution in [-0.4, -0.2) is 56.5 Å². The molecule has 28 heavy (non-hydrogen) atoms. The molecule has 2 aromatic rings. The van der Waals surface area contributed by atoms with Crippen LogP contribution in [0.25, 0.3) is 0 Å². The summed E-state index contributed by atoms with van der Waals surface area (Å²) >= 11 is 0. The molecule has 0 aromatic heterocycles. The molecule has 0 aliphatic carbocycles. The van der Waals surface area contributed by atoms with Crippen molar-refractivity contribution in [2.24, 2.45) is 5.10 Å². The van der Waals surface area contributed by atoms with Crippen molar-refractivity contribution in [2.75, 3.05) is 44.9 Å². The molecule has 0 spiro atoms. The summed E-state index contributed by atoms with van der Waals surface area (Å²) in [6.45, 7) is 4.72. The van der Waals surface area contributed by atoms with Crippen molar-refractivity contribution in [2.45, 2.75) is 6.92 Å². The molecule has 1 fully saturated rings. The van der Waals surface area contributed by atoms with Gasteiger partial charge in [-0.25, -0.2) is 0 Å². The quantitative estimate of drug-likeness (QED) is 0.561. The number of ether oxygens (including phenoxy) is 3. The highest BCUT2D eigenvalue weighted by molar-refractivity contribution is 5.82. The van der Waals surface area contributed by atoms with Crippen LogP contribution in [0.2, 0.25) is 0 Å². The van der Waals surface area contributed by atoms with Gasteiger partial charge in [0.15, 0.2) is 18.1 Å². The summed E-state index contributed by atoms with van der Waals surface area (Å²) in [4.78, 5) is 14.0. The second-order valence-corrected chi connectivity index (χ2v) is 6.16. The van der Waals surface area contributed by atoms with Crippen molar-refractivity contribution in [1.82, 2.24) is 4.90 Å². The SMILES string of the molecule is CCOc1cc(/C=N/Nc2ccccc2)ccc1OCC(=O)N1CCOCC1. The first-order valence-corrected chi connectivity index (χ1v) is 9.35. The van der Waals surface area contributed by atoms with E-state index in [0.29, 0.717) is 44.4 Å². The highest BCUT2D eigenvalue weighted by Crippen LogP contribution is 2.28. The molecule has 2 aromatic carbocycles. The van der Waals surface area contributed by atoms with E-state index in [1.165, 1.54) is 0 Å². The van der Waals surface area contributed by atoms with Gasteiger partial charge < -0.3 is 19.1 Å². The number of carbonyl (C=O) groups is 1. The zero-order chi connectivity index (χ0) is 19.6. The number of rotatable bonds is 8. The van der Waals surface area contributed by atoms with Gasteiger partial charge in [-0.2, -0.15) is 5.10 Å². The lowest BCUT2D eigenvalue weighted by atomic mass is 10.2. The van der Waals surface area contributed by atoms with Crippen LogP contribution in [0, 0.1) is 0 Å². The fourth-order valence-electron chi connectivity index (χ4n) is 2.73. The zero-order valence-corrected chi connectivity index (χ0v) is 16.0. The monoisotopic (exact) mass is 383 g/mol. The number of nitrogens with zero attached hydrogens (tertiary/aromatic N) is 2. The number of amides is 1. The predicted octanol–water partition coefficient (Wildman–Crippen LogP) is 2.77. The standard InChI is InChI=1S/C21H25N3O4/c1-2-27-20-14-17(15-22-23-18-6-4-3-5-7-18)8-9-19(20)28-16-21(25)24-10-12-26-13-11-24/h3-9,14-15,23H,2,10-13,16H2,1H3/b22-15+. The molecule has 7 heteroatoms. The number of para-hydroxylation sites is 1. The van der Waals surface area contributed by atoms with Crippen molar-refractivity contribution in [3.05, 3.63) is 54.1 Å². The van der Waals surface area contributed by atoms with Crippen LogP contribution in [0.5, 0.6) is 11.5 Å². The second kappa shape index (κ2) is 10.3. The average Bonchev–Trinajstić information content (AvgIpc) is 2.74. The predicted molar refractivity (Wildman–Crippen MR) is 108 cm³/mol. The lowest BCUT2D eigenvalue weighted by Gasteiger charge is -2.26. The number of nitrogens with one attached hydrogen (secondary N) is 1. The van der Waals surface area contributed by atoms with Gasteiger partial charge in [0.1, 0.15) is 0 Å². The Morgan fingerprint density at radius 1 is 1.14 bits per heavy atom. The van der Waals surface area contributed by atoms with E-state index in [1.807, 2.05) is 49.4 Å². The minimum Gasteiger partial charge on any atom is -0.490 e. The van der Waals surface area contributed by atoms with Crippen LogP contribution in [-0.2, 0) is 9.53 Å². The van der Waals surface area contributed by atoms with Gasteiger partial charge in [-0.15, -0.1) is 0 Å². The number of benzene rings is 2. The van der Waals surface area contributed by atoms with Crippen molar-refractivity contribution >= 4 is 17.8 Å². The number of hydrogen-bond donors (Lipinski definition) is 1. The van der Waals surface area contributed by atoms with Crippen LogP contribution in [0.1, 0.15) is 12.5 Å². The van der Waals surface area contributed by atoms with Crippen LogP contribution in [0.4, 0.5) is 5.69 Å². The highest BCUT2D eigenvalue weighted by Gasteiger charge is 2.18. The van der Waals surface area contributed by atoms with Gasteiger partial charge in [-0.3, -0.25) is 10.2 Å². The molecule has 0 saturated carbocycles. The Morgan fingerprint density at radius 3 is 2.68 bits per heavy atom. The summed E-state index contributed by atoms with van der Waals surface area (Å²) in [7, 11) is 0. The Kier molecular flexibility index (Phi) is 7.26. The smallest absolute Gasteiger partial charge is 0.260 e. The van der Waals surface area contributed by atoms with Crippen LogP contribution in [0.3, 0.4) is 0 Å².